The van der Waals surface area contributed by atoms with Crippen molar-refractivity contribution in [3.63, 3.8) is 0 Å². The Bertz CT molecular complexity index is 2580. The third-order valence-corrected chi connectivity index (χ3v) is 11.7. The molecule has 56 heavy (non-hydrogen) atoms. The van der Waals surface area contributed by atoms with E-state index in [1.165, 1.54) is 88.7 Å². The average molecular weight is 721 g/mol. The summed E-state index contributed by atoms with van der Waals surface area (Å²) in [5.74, 6) is 6.90. The van der Waals surface area contributed by atoms with Crippen LogP contribution < -0.4 is 0 Å². The minimum atomic E-state index is 0.765. The van der Waals surface area contributed by atoms with Crippen LogP contribution >= 0.6 is 0 Å². The standard InChI is InChI=1S/C56H48/c1-2-8-20-41(21-9-3-1)40-52-54(48-36-32-44(33-37-48)42-22-10-4-11-23-42)50-30-18-19-31-51(50)55(49-38-34-45(35-39-49)43-24-12-5-13-25-43)56(52)53(46-26-14-6-15-27-46)47-28-16-7-17-29-47/h2,4-6,8,10,12,14-16,18-20,22,24,26,28-39H,1,7,11,13,17,21,23,25,27,40H2/b8-2-,41-20+,53-46-. The largest absolute Gasteiger partial charge is 0.0988 e. The zero-order valence-corrected chi connectivity index (χ0v) is 32.2. The fourth-order valence-electron chi connectivity index (χ4n) is 8.94. The summed E-state index contributed by atoms with van der Waals surface area (Å²) < 4.78 is 0. The summed E-state index contributed by atoms with van der Waals surface area (Å²) in [6.45, 7) is 0. The molecule has 0 saturated heterocycles. The van der Waals surface area contributed by atoms with Crippen LogP contribution in [0.25, 0.3) is 49.7 Å². The van der Waals surface area contributed by atoms with E-state index < -0.39 is 0 Å². The molecule has 0 fully saturated rings. The average Bonchev–Trinajstić information content (AvgIpc) is 3.26. The van der Waals surface area contributed by atoms with Gasteiger partial charge in [0.2, 0.25) is 0 Å². The van der Waals surface area contributed by atoms with Crippen LogP contribution in [0, 0.1) is 11.8 Å². The molecule has 4 aromatic carbocycles. The molecule has 0 bridgehead atoms. The molecule has 0 atom stereocenters. The van der Waals surface area contributed by atoms with Crippen LogP contribution in [0.1, 0.15) is 80.0 Å². The van der Waals surface area contributed by atoms with Gasteiger partial charge in [0.15, 0.2) is 0 Å². The van der Waals surface area contributed by atoms with Gasteiger partial charge in [0.1, 0.15) is 0 Å². The lowest BCUT2D eigenvalue weighted by atomic mass is 9.75. The van der Waals surface area contributed by atoms with Gasteiger partial charge >= 0.3 is 0 Å². The van der Waals surface area contributed by atoms with Gasteiger partial charge in [0.05, 0.1) is 0 Å². The molecule has 0 spiro atoms. The Balaban J connectivity index is 1.38. The monoisotopic (exact) mass is 720 g/mol. The van der Waals surface area contributed by atoms with Crippen LogP contribution in [0.3, 0.4) is 0 Å². The predicted molar refractivity (Wildman–Crippen MR) is 242 cm³/mol. The highest BCUT2D eigenvalue weighted by Gasteiger charge is 2.27. The van der Waals surface area contributed by atoms with E-state index in [-0.39, 0.29) is 0 Å². The molecule has 0 heteroatoms. The number of benzene rings is 4. The molecule has 0 aliphatic heterocycles. The Morgan fingerprint density at radius 1 is 0.536 bits per heavy atom. The third-order valence-electron chi connectivity index (χ3n) is 11.7. The van der Waals surface area contributed by atoms with Crippen molar-refractivity contribution in [3.05, 3.63) is 209 Å². The molecule has 0 nitrogen and oxygen atoms in total. The topological polar surface area (TPSA) is 0 Å². The Hall–Kier alpha value is -6.16. The van der Waals surface area contributed by atoms with Crippen LogP contribution in [0.4, 0.5) is 0 Å². The molecule has 0 aromatic heterocycles. The van der Waals surface area contributed by atoms with Gasteiger partial charge in [-0.15, -0.1) is 0 Å². The molecular weight excluding hydrogens is 673 g/mol. The number of fused-ring (bicyclic) bond motifs is 1. The van der Waals surface area contributed by atoms with Crippen molar-refractivity contribution in [2.24, 2.45) is 0 Å². The van der Waals surface area contributed by atoms with Crippen molar-refractivity contribution in [1.29, 1.82) is 0 Å². The lowest BCUT2D eigenvalue weighted by Gasteiger charge is -2.28. The number of hydrogen-bond donors (Lipinski definition) is 0. The molecule has 5 aliphatic carbocycles. The lowest BCUT2D eigenvalue weighted by Crippen LogP contribution is -2.08. The first-order valence-electron chi connectivity index (χ1n) is 20.6. The predicted octanol–water partition coefficient (Wildman–Crippen LogP) is 15.0. The Morgan fingerprint density at radius 2 is 1.20 bits per heavy atom. The van der Waals surface area contributed by atoms with E-state index in [0.29, 0.717) is 0 Å². The maximum absolute atomic E-state index is 3.51. The van der Waals surface area contributed by atoms with Crippen molar-refractivity contribution >= 4 is 27.5 Å². The summed E-state index contributed by atoms with van der Waals surface area (Å²) in [4.78, 5) is 0. The SMILES string of the molecule is C1#CC/C(Cc2c(/C(C3=CCCC=C3)=C3/C=CC=CC3)c(-c3ccc(C4=CC=CCC4)cc3)c3ccccc3c2-c2ccc(C3=CC=CCC3)cc2)=C\C=C/C1. The molecular formula is C56H48. The van der Waals surface area contributed by atoms with Crippen LogP contribution in [-0.2, 0) is 6.42 Å². The van der Waals surface area contributed by atoms with Crippen molar-refractivity contribution < 1.29 is 0 Å². The summed E-state index contributed by atoms with van der Waals surface area (Å²) in [5.41, 5.74) is 18.7. The van der Waals surface area contributed by atoms with Gasteiger partial charge in [-0.05, 0) is 135 Å². The lowest BCUT2D eigenvalue weighted by molar-refractivity contribution is 1.02. The van der Waals surface area contributed by atoms with E-state index >= 15 is 0 Å². The first-order valence-corrected chi connectivity index (χ1v) is 20.6. The van der Waals surface area contributed by atoms with Crippen LogP contribution in [-0.4, -0.2) is 0 Å². The van der Waals surface area contributed by atoms with Gasteiger partial charge in [-0.2, -0.15) is 0 Å². The second kappa shape index (κ2) is 16.7. The number of rotatable bonds is 8. The highest BCUT2D eigenvalue weighted by atomic mass is 14.3. The van der Waals surface area contributed by atoms with E-state index in [4.69, 9.17) is 0 Å². The molecule has 5 aliphatic rings. The van der Waals surface area contributed by atoms with E-state index in [9.17, 15) is 0 Å². The van der Waals surface area contributed by atoms with Gasteiger partial charge in [-0.25, -0.2) is 0 Å². The molecule has 0 heterocycles. The van der Waals surface area contributed by atoms with Gasteiger partial charge in [0, 0.05) is 12.8 Å². The fourth-order valence-corrected chi connectivity index (χ4v) is 8.94. The summed E-state index contributed by atoms with van der Waals surface area (Å²) in [6, 6.07) is 28.1. The van der Waals surface area contributed by atoms with Gasteiger partial charge in [-0.1, -0.05) is 187 Å². The summed E-state index contributed by atoms with van der Waals surface area (Å²) in [6.07, 6.45) is 46.3. The van der Waals surface area contributed by atoms with E-state index in [1.807, 2.05) is 0 Å². The Labute approximate surface area is 333 Å². The minimum Gasteiger partial charge on any atom is -0.0988 e. The normalized spacial score (nSPS) is 19.9. The minimum absolute atomic E-state index is 0.765. The Morgan fingerprint density at radius 3 is 1.82 bits per heavy atom. The number of allylic oxidation sites excluding steroid dienone is 22. The van der Waals surface area contributed by atoms with Crippen molar-refractivity contribution in [2.75, 3.05) is 0 Å². The van der Waals surface area contributed by atoms with Crippen LogP contribution in [0.5, 0.6) is 0 Å². The maximum atomic E-state index is 3.51. The molecule has 0 amide bonds. The molecule has 0 radical (unpaired) electrons. The van der Waals surface area contributed by atoms with Crippen LogP contribution in [0.15, 0.2) is 187 Å². The zero-order chi connectivity index (χ0) is 37.5. The van der Waals surface area contributed by atoms with Gasteiger partial charge < -0.3 is 0 Å². The second-order valence-corrected chi connectivity index (χ2v) is 15.3. The van der Waals surface area contributed by atoms with Crippen molar-refractivity contribution in [2.45, 2.75) is 64.2 Å². The highest BCUT2D eigenvalue weighted by Crippen LogP contribution is 2.49. The molecule has 272 valence electrons. The molecule has 0 N–H and O–H groups in total. The maximum Gasteiger partial charge on any atom is 0.0305 e. The first kappa shape index (κ1) is 35.5. The van der Waals surface area contributed by atoms with Crippen molar-refractivity contribution in [1.82, 2.24) is 0 Å². The summed E-state index contributed by atoms with van der Waals surface area (Å²) >= 11 is 0. The smallest absolute Gasteiger partial charge is 0.0305 e. The summed E-state index contributed by atoms with van der Waals surface area (Å²) in [7, 11) is 0. The van der Waals surface area contributed by atoms with Crippen molar-refractivity contribution in [3.8, 4) is 34.1 Å². The third kappa shape index (κ3) is 7.43. The Kier molecular flexibility index (Phi) is 10.6. The second-order valence-electron chi connectivity index (χ2n) is 15.3. The van der Waals surface area contributed by atoms with E-state index in [1.54, 1.807) is 0 Å². The quantitative estimate of drug-likeness (QED) is 0.159. The fraction of sp³-hybridized carbons (Fsp3) is 0.179. The van der Waals surface area contributed by atoms with E-state index in [2.05, 4.69) is 182 Å². The highest BCUT2D eigenvalue weighted by molar-refractivity contribution is 6.13. The molecule has 0 unspecified atom stereocenters. The van der Waals surface area contributed by atoms with Crippen LogP contribution in [0.2, 0.25) is 0 Å². The van der Waals surface area contributed by atoms with Gasteiger partial charge in [0.25, 0.3) is 0 Å². The molecule has 9 rings (SSSR count). The zero-order valence-electron chi connectivity index (χ0n) is 32.2. The first-order chi connectivity index (χ1) is 27.8. The summed E-state index contributed by atoms with van der Waals surface area (Å²) in [5, 5.41) is 2.58. The molecule has 4 aromatic rings. The van der Waals surface area contributed by atoms with Gasteiger partial charge in [-0.3, -0.25) is 0 Å². The molecule has 0 saturated carbocycles. The number of hydrogen-bond acceptors (Lipinski definition) is 0. The van der Waals surface area contributed by atoms with E-state index in [0.717, 1.165) is 64.2 Å².